The fraction of sp³-hybridized carbons (Fsp3) is 0.667. The third-order valence-corrected chi connectivity index (χ3v) is 3.50. The van der Waals surface area contributed by atoms with Crippen LogP contribution in [0.25, 0.3) is 0 Å². The van der Waals surface area contributed by atoms with Crippen molar-refractivity contribution in [2.75, 3.05) is 13.1 Å². The maximum absolute atomic E-state index is 10.8. The molecule has 0 radical (unpaired) electrons. The van der Waals surface area contributed by atoms with Crippen LogP contribution in [-0.2, 0) is 11.3 Å². The molecule has 17 heavy (non-hydrogen) atoms. The van der Waals surface area contributed by atoms with Crippen molar-refractivity contribution < 1.29 is 14.4 Å². The number of aryl methyl sites for hydroxylation is 2. The van der Waals surface area contributed by atoms with E-state index >= 15 is 0 Å². The Morgan fingerprint density at radius 3 is 2.59 bits per heavy atom. The Labute approximate surface area is 100 Å². The van der Waals surface area contributed by atoms with Gasteiger partial charge in [0, 0.05) is 12.1 Å². The number of carboxylic acid groups (broad SMARTS) is 1. The molecule has 1 saturated heterocycles. The zero-order valence-electron chi connectivity index (χ0n) is 10.3. The molecule has 5 heteroatoms. The van der Waals surface area contributed by atoms with Crippen LogP contribution in [0.2, 0.25) is 0 Å². The highest BCUT2D eigenvalue weighted by Crippen LogP contribution is 2.21. The van der Waals surface area contributed by atoms with Gasteiger partial charge in [0.25, 0.3) is 0 Å². The second-order valence-corrected chi connectivity index (χ2v) is 4.69. The Bertz CT molecular complexity index is 386. The van der Waals surface area contributed by atoms with Crippen molar-refractivity contribution in [1.29, 1.82) is 0 Å². The molecule has 0 spiro atoms. The second-order valence-electron chi connectivity index (χ2n) is 4.69. The van der Waals surface area contributed by atoms with Gasteiger partial charge in [-0.15, -0.1) is 0 Å². The molecule has 0 atom stereocenters. The van der Waals surface area contributed by atoms with Gasteiger partial charge in [0.15, 0.2) is 0 Å². The largest absolute Gasteiger partial charge is 0.481 e. The lowest BCUT2D eigenvalue weighted by Crippen LogP contribution is -2.36. The maximum atomic E-state index is 10.8. The third-order valence-electron chi connectivity index (χ3n) is 3.50. The van der Waals surface area contributed by atoms with Crippen molar-refractivity contribution >= 4 is 5.97 Å². The minimum atomic E-state index is -0.665. The summed E-state index contributed by atoms with van der Waals surface area (Å²) in [5.41, 5.74) is 2.07. The molecule has 0 amide bonds. The number of hydrogen-bond acceptors (Lipinski definition) is 4. The monoisotopic (exact) mass is 238 g/mol. The summed E-state index contributed by atoms with van der Waals surface area (Å²) in [6.07, 6.45) is 1.47. The van der Waals surface area contributed by atoms with Gasteiger partial charge in [0.05, 0.1) is 11.6 Å². The molecule has 5 nitrogen and oxygen atoms in total. The molecule has 1 aliphatic heterocycles. The van der Waals surface area contributed by atoms with Gasteiger partial charge < -0.3 is 9.63 Å². The Balaban J connectivity index is 1.92. The van der Waals surface area contributed by atoms with E-state index in [4.69, 9.17) is 9.63 Å². The number of hydrogen-bond donors (Lipinski definition) is 1. The fourth-order valence-corrected chi connectivity index (χ4v) is 2.29. The van der Waals surface area contributed by atoms with E-state index in [1.165, 1.54) is 0 Å². The van der Waals surface area contributed by atoms with Gasteiger partial charge >= 0.3 is 5.97 Å². The summed E-state index contributed by atoms with van der Waals surface area (Å²) in [5, 5.41) is 12.9. The number of nitrogens with zero attached hydrogens (tertiary/aromatic N) is 2. The number of likely N-dealkylation sites (tertiary alicyclic amines) is 1. The highest BCUT2D eigenvalue weighted by Gasteiger charge is 2.25. The van der Waals surface area contributed by atoms with Gasteiger partial charge in [-0.2, -0.15) is 0 Å². The molecule has 2 heterocycles. The second kappa shape index (κ2) is 4.87. The van der Waals surface area contributed by atoms with Crippen LogP contribution in [0.3, 0.4) is 0 Å². The van der Waals surface area contributed by atoms with Crippen LogP contribution < -0.4 is 0 Å². The zero-order chi connectivity index (χ0) is 12.4. The first-order valence-electron chi connectivity index (χ1n) is 5.95. The smallest absolute Gasteiger partial charge is 0.306 e. The molecule has 1 aromatic heterocycles. The molecule has 0 aromatic carbocycles. The fourth-order valence-electron chi connectivity index (χ4n) is 2.29. The molecule has 1 aliphatic rings. The highest BCUT2D eigenvalue weighted by molar-refractivity contribution is 5.70. The van der Waals surface area contributed by atoms with E-state index in [1.54, 1.807) is 0 Å². The zero-order valence-corrected chi connectivity index (χ0v) is 10.3. The van der Waals surface area contributed by atoms with Gasteiger partial charge in [-0.1, -0.05) is 5.16 Å². The molecule has 0 bridgehead atoms. The molecule has 0 unspecified atom stereocenters. The maximum Gasteiger partial charge on any atom is 0.306 e. The predicted molar refractivity (Wildman–Crippen MR) is 61.6 cm³/mol. The normalized spacial score (nSPS) is 18.5. The van der Waals surface area contributed by atoms with Crippen molar-refractivity contribution in [3.8, 4) is 0 Å². The van der Waals surface area contributed by atoms with Gasteiger partial charge in [-0.25, -0.2) is 0 Å². The highest BCUT2D eigenvalue weighted by atomic mass is 16.5. The molecule has 2 rings (SSSR count). The van der Waals surface area contributed by atoms with Crippen molar-refractivity contribution in [1.82, 2.24) is 10.1 Å². The average Bonchev–Trinajstić information content (AvgIpc) is 2.61. The van der Waals surface area contributed by atoms with Crippen molar-refractivity contribution in [2.45, 2.75) is 33.2 Å². The molecular formula is C12H18N2O3. The van der Waals surface area contributed by atoms with E-state index in [2.05, 4.69) is 10.1 Å². The van der Waals surface area contributed by atoms with E-state index in [0.717, 1.165) is 49.5 Å². The van der Waals surface area contributed by atoms with Crippen molar-refractivity contribution in [3.05, 3.63) is 17.0 Å². The molecule has 1 aromatic rings. The van der Waals surface area contributed by atoms with Gasteiger partial charge in [-0.05, 0) is 39.8 Å². The Hall–Kier alpha value is -1.36. The van der Waals surface area contributed by atoms with Crippen LogP contribution in [-0.4, -0.2) is 34.2 Å². The number of carbonyl (C=O) groups is 1. The number of rotatable bonds is 3. The summed E-state index contributed by atoms with van der Waals surface area (Å²) in [4.78, 5) is 13.1. The predicted octanol–water partition coefficient (Wildman–Crippen LogP) is 1.59. The lowest BCUT2D eigenvalue weighted by atomic mass is 9.97. The van der Waals surface area contributed by atoms with Crippen LogP contribution in [0, 0.1) is 19.8 Å². The number of aromatic nitrogens is 1. The summed E-state index contributed by atoms with van der Waals surface area (Å²) >= 11 is 0. The summed E-state index contributed by atoms with van der Waals surface area (Å²) in [6, 6.07) is 0. The standard InChI is InChI=1S/C12H18N2O3/c1-8-11(9(2)17-13-8)7-14-5-3-10(4-6-14)12(15)16/h10H,3-7H2,1-2H3,(H,15,16). The lowest BCUT2D eigenvalue weighted by Gasteiger charge is -2.29. The van der Waals surface area contributed by atoms with Gasteiger partial charge in [-0.3, -0.25) is 9.69 Å². The summed E-state index contributed by atoms with van der Waals surface area (Å²) < 4.78 is 5.13. The van der Waals surface area contributed by atoms with Crippen LogP contribution in [0.1, 0.15) is 29.9 Å². The summed E-state index contributed by atoms with van der Waals surface area (Å²) in [6.45, 7) is 6.34. The molecule has 94 valence electrons. The molecule has 1 N–H and O–H groups in total. The Morgan fingerprint density at radius 1 is 1.47 bits per heavy atom. The average molecular weight is 238 g/mol. The van der Waals surface area contributed by atoms with E-state index < -0.39 is 5.97 Å². The first kappa shape index (κ1) is 12.1. The van der Waals surface area contributed by atoms with E-state index in [0.29, 0.717) is 0 Å². The van der Waals surface area contributed by atoms with Gasteiger partial charge in [0.1, 0.15) is 5.76 Å². The number of aliphatic carboxylic acids is 1. The number of carboxylic acids is 1. The first-order valence-corrected chi connectivity index (χ1v) is 5.95. The minimum Gasteiger partial charge on any atom is -0.481 e. The summed E-state index contributed by atoms with van der Waals surface area (Å²) in [7, 11) is 0. The first-order chi connectivity index (χ1) is 8.08. The molecular weight excluding hydrogens is 220 g/mol. The molecule has 0 saturated carbocycles. The van der Waals surface area contributed by atoms with E-state index in [1.807, 2.05) is 13.8 Å². The van der Waals surface area contributed by atoms with E-state index in [9.17, 15) is 4.79 Å². The summed E-state index contributed by atoms with van der Waals surface area (Å²) in [5.74, 6) is 0.0285. The van der Waals surface area contributed by atoms with Crippen LogP contribution in [0.5, 0.6) is 0 Å². The van der Waals surface area contributed by atoms with Crippen molar-refractivity contribution in [2.24, 2.45) is 5.92 Å². The van der Waals surface area contributed by atoms with E-state index in [-0.39, 0.29) is 5.92 Å². The number of piperidine rings is 1. The van der Waals surface area contributed by atoms with Crippen molar-refractivity contribution in [3.63, 3.8) is 0 Å². The van der Waals surface area contributed by atoms with Crippen LogP contribution >= 0.6 is 0 Å². The molecule has 1 fully saturated rings. The quantitative estimate of drug-likeness (QED) is 0.866. The van der Waals surface area contributed by atoms with Crippen LogP contribution in [0.4, 0.5) is 0 Å². The Morgan fingerprint density at radius 2 is 2.12 bits per heavy atom. The Kier molecular flexibility index (Phi) is 3.47. The SMILES string of the molecule is Cc1noc(C)c1CN1CCC(C(=O)O)CC1. The third kappa shape index (κ3) is 2.66. The topological polar surface area (TPSA) is 66.6 Å². The molecule has 0 aliphatic carbocycles. The minimum absolute atomic E-state index is 0.170. The lowest BCUT2D eigenvalue weighted by molar-refractivity contribution is -0.143. The van der Waals surface area contributed by atoms with Crippen LogP contribution in [0.15, 0.2) is 4.52 Å². The van der Waals surface area contributed by atoms with Gasteiger partial charge in [0.2, 0.25) is 0 Å².